The van der Waals surface area contributed by atoms with Crippen LogP contribution in [0.3, 0.4) is 0 Å². The van der Waals surface area contributed by atoms with Gasteiger partial charge in [-0.15, -0.1) is 0 Å². The van der Waals surface area contributed by atoms with Gasteiger partial charge in [0.05, 0.1) is 5.55 Å². The van der Waals surface area contributed by atoms with E-state index >= 15 is 0 Å². The summed E-state index contributed by atoms with van der Waals surface area (Å²) in [5.74, 6) is 0.543. The van der Waals surface area contributed by atoms with Gasteiger partial charge in [-0.1, -0.05) is 44.7 Å². The molecule has 2 aliphatic heterocycles. The summed E-state index contributed by atoms with van der Waals surface area (Å²) < 4.78 is 0. The van der Waals surface area contributed by atoms with E-state index in [1.54, 1.807) is 11.8 Å². The lowest BCUT2D eigenvalue weighted by Gasteiger charge is -2.29. The number of hydrogen-bond donors (Lipinski definition) is 0. The molecular weight excluding hydrogens is 216 g/mol. The number of rotatable bonds is 1. The van der Waals surface area contributed by atoms with Crippen molar-refractivity contribution in [1.29, 1.82) is 0 Å². The molecule has 2 aliphatic rings. The van der Waals surface area contributed by atoms with Crippen LogP contribution < -0.4 is 0 Å². The first-order valence-corrected chi connectivity index (χ1v) is 6.53. The first-order valence-electron chi connectivity index (χ1n) is 5.65. The van der Waals surface area contributed by atoms with Crippen LogP contribution in [0.2, 0.25) is 0 Å². The van der Waals surface area contributed by atoms with Crippen LogP contribution in [0.15, 0.2) is 32.6 Å². The maximum atomic E-state index is 4.61. The minimum absolute atomic E-state index is 0.000671. The van der Waals surface area contributed by atoms with Gasteiger partial charge in [-0.2, -0.15) is 0 Å². The average molecular weight is 234 g/mol. The summed E-state index contributed by atoms with van der Waals surface area (Å²) in [7, 11) is 0. The van der Waals surface area contributed by atoms with Crippen molar-refractivity contribution < 1.29 is 0 Å². The molecule has 0 aromatic heterocycles. The third-order valence-corrected chi connectivity index (χ3v) is 4.43. The third-order valence-electron chi connectivity index (χ3n) is 3.49. The molecule has 0 fully saturated rings. The highest BCUT2D eigenvalue weighted by Crippen LogP contribution is 2.34. The molecule has 2 unspecified atom stereocenters. The predicted octanol–water partition coefficient (Wildman–Crippen LogP) is 3.66. The van der Waals surface area contributed by atoms with E-state index in [2.05, 4.69) is 56.0 Å². The van der Waals surface area contributed by atoms with Crippen molar-refractivity contribution in [2.24, 2.45) is 21.3 Å². The van der Waals surface area contributed by atoms with Crippen LogP contribution in [0.4, 0.5) is 0 Å². The molecule has 2 nitrogen and oxygen atoms in total. The van der Waals surface area contributed by atoms with E-state index in [1.807, 2.05) is 5.55 Å². The maximum Gasteiger partial charge on any atom is 0.162 e. The minimum Gasteiger partial charge on any atom is -0.266 e. The van der Waals surface area contributed by atoms with Gasteiger partial charge in [-0.05, 0) is 18.4 Å². The summed E-state index contributed by atoms with van der Waals surface area (Å²) in [6.45, 7) is 8.79. The standard InChI is InChI=1S/C13H18N2S/c1-9(2)13(4)6-5-11-10(3)12(14-7-13)15-8-16-11/h5-9,12H,1-4H3/b6-5-,14-7-. The van der Waals surface area contributed by atoms with Gasteiger partial charge in [0.2, 0.25) is 0 Å². The van der Waals surface area contributed by atoms with Crippen LogP contribution in [-0.2, 0) is 0 Å². The molecule has 0 spiro atoms. The van der Waals surface area contributed by atoms with Crippen molar-refractivity contribution >= 4 is 23.5 Å². The molecule has 0 aromatic carbocycles. The monoisotopic (exact) mass is 234 g/mol. The smallest absolute Gasteiger partial charge is 0.162 e. The molecule has 0 N–H and O–H groups in total. The fourth-order valence-corrected chi connectivity index (χ4v) is 2.40. The Balaban J connectivity index is 2.43. The lowest BCUT2D eigenvalue weighted by Crippen LogP contribution is -2.25. The second kappa shape index (κ2) is 4.21. The van der Waals surface area contributed by atoms with E-state index in [1.165, 1.54) is 10.5 Å². The largest absolute Gasteiger partial charge is 0.266 e. The molecule has 0 saturated carbocycles. The molecule has 0 saturated heterocycles. The quantitative estimate of drug-likeness (QED) is 0.679. The Labute approximate surface area is 102 Å². The molecule has 0 aromatic rings. The second-order valence-corrected chi connectivity index (χ2v) is 5.81. The van der Waals surface area contributed by atoms with E-state index in [9.17, 15) is 0 Å². The van der Waals surface area contributed by atoms with E-state index < -0.39 is 0 Å². The van der Waals surface area contributed by atoms with Crippen molar-refractivity contribution in [2.45, 2.75) is 33.9 Å². The number of hydrogen-bond acceptors (Lipinski definition) is 3. The van der Waals surface area contributed by atoms with Gasteiger partial charge < -0.3 is 0 Å². The second-order valence-electron chi connectivity index (χ2n) is 4.93. The summed E-state index contributed by atoms with van der Waals surface area (Å²) >= 11 is 1.69. The van der Waals surface area contributed by atoms with E-state index in [0.29, 0.717) is 5.92 Å². The topological polar surface area (TPSA) is 24.7 Å². The van der Waals surface area contributed by atoms with E-state index in [0.717, 1.165) is 0 Å². The molecule has 0 aliphatic carbocycles. The summed E-state index contributed by atoms with van der Waals surface area (Å²) in [6, 6.07) is 0. The van der Waals surface area contributed by atoms with Crippen LogP contribution in [0.25, 0.3) is 0 Å². The normalized spacial score (nSPS) is 37.2. The fraction of sp³-hybridized carbons (Fsp3) is 0.538. The zero-order valence-corrected chi connectivity index (χ0v) is 11.1. The molecule has 2 heterocycles. The summed E-state index contributed by atoms with van der Waals surface area (Å²) in [5.41, 5.74) is 3.19. The molecule has 0 radical (unpaired) electrons. The highest BCUT2D eigenvalue weighted by atomic mass is 32.2. The zero-order chi connectivity index (χ0) is 11.8. The van der Waals surface area contributed by atoms with Gasteiger partial charge in [-0.3, -0.25) is 9.98 Å². The SMILES string of the molecule is CC1=C2/C=C\C(C)(C(C)C)/C=N\C1N=CS2. The first kappa shape index (κ1) is 11.6. The molecule has 16 heavy (non-hydrogen) atoms. The van der Waals surface area contributed by atoms with E-state index in [4.69, 9.17) is 0 Å². The average Bonchev–Trinajstić information content (AvgIpc) is 2.26. The number of fused-ring (bicyclic) bond motifs is 1. The molecule has 2 bridgehead atoms. The Morgan fingerprint density at radius 3 is 2.81 bits per heavy atom. The first-order chi connectivity index (χ1) is 7.53. The number of thioether (sulfide) groups is 1. The van der Waals surface area contributed by atoms with Gasteiger partial charge >= 0.3 is 0 Å². The molecular formula is C13H18N2S. The molecule has 0 amide bonds. The molecule has 2 rings (SSSR count). The Hall–Kier alpha value is -0.830. The summed E-state index contributed by atoms with van der Waals surface area (Å²) in [6.07, 6.45) is 6.55. The highest BCUT2D eigenvalue weighted by molar-refractivity contribution is 8.15. The van der Waals surface area contributed by atoms with Crippen molar-refractivity contribution in [3.8, 4) is 0 Å². The maximum absolute atomic E-state index is 4.61. The van der Waals surface area contributed by atoms with Crippen molar-refractivity contribution in [3.63, 3.8) is 0 Å². The molecule has 3 heteroatoms. The Morgan fingerprint density at radius 2 is 2.12 bits per heavy atom. The van der Waals surface area contributed by atoms with Crippen molar-refractivity contribution in [2.75, 3.05) is 0 Å². The summed E-state index contributed by atoms with van der Waals surface area (Å²) in [5, 5.41) is 0. The third kappa shape index (κ3) is 2.01. The van der Waals surface area contributed by atoms with Crippen LogP contribution in [0.5, 0.6) is 0 Å². The van der Waals surface area contributed by atoms with Gasteiger partial charge in [0, 0.05) is 16.5 Å². The Morgan fingerprint density at radius 1 is 1.38 bits per heavy atom. The van der Waals surface area contributed by atoms with Crippen LogP contribution in [0, 0.1) is 11.3 Å². The molecule has 86 valence electrons. The van der Waals surface area contributed by atoms with Crippen molar-refractivity contribution in [3.05, 3.63) is 22.6 Å². The number of aliphatic imine (C=N–C) groups is 2. The molecule has 2 atom stereocenters. The predicted molar refractivity (Wildman–Crippen MR) is 73.1 cm³/mol. The van der Waals surface area contributed by atoms with Crippen LogP contribution >= 0.6 is 11.8 Å². The lowest BCUT2D eigenvalue weighted by molar-refractivity contribution is 0.421. The Kier molecular flexibility index (Phi) is 3.06. The number of nitrogens with zero attached hydrogens (tertiary/aromatic N) is 2. The lowest BCUT2D eigenvalue weighted by atomic mass is 9.79. The number of allylic oxidation sites excluding steroid dienone is 2. The van der Waals surface area contributed by atoms with Crippen molar-refractivity contribution in [1.82, 2.24) is 0 Å². The fourth-order valence-electron chi connectivity index (χ4n) is 1.67. The van der Waals surface area contributed by atoms with Gasteiger partial charge in [0.15, 0.2) is 6.17 Å². The minimum atomic E-state index is -0.000671. The zero-order valence-electron chi connectivity index (χ0n) is 10.3. The van der Waals surface area contributed by atoms with Gasteiger partial charge in [0.1, 0.15) is 0 Å². The van der Waals surface area contributed by atoms with Crippen LogP contribution in [0.1, 0.15) is 27.7 Å². The van der Waals surface area contributed by atoms with E-state index in [-0.39, 0.29) is 11.6 Å². The Bertz CT molecular complexity index is 404. The van der Waals surface area contributed by atoms with Crippen LogP contribution in [-0.4, -0.2) is 17.9 Å². The van der Waals surface area contributed by atoms with Gasteiger partial charge in [0.25, 0.3) is 0 Å². The summed E-state index contributed by atoms with van der Waals surface area (Å²) in [4.78, 5) is 10.3. The highest BCUT2D eigenvalue weighted by Gasteiger charge is 2.26. The van der Waals surface area contributed by atoms with Gasteiger partial charge in [-0.25, -0.2) is 0 Å².